The van der Waals surface area contributed by atoms with Crippen LogP contribution in [0.25, 0.3) is 16.7 Å². The van der Waals surface area contributed by atoms with E-state index in [9.17, 15) is 9.59 Å². The number of hydrogen-bond donors (Lipinski definition) is 2. The number of nitrogens with zero attached hydrogens (tertiary/aromatic N) is 3. The third kappa shape index (κ3) is 5.23. The Morgan fingerprint density at radius 2 is 1.77 bits per heavy atom. The van der Waals surface area contributed by atoms with Crippen LogP contribution in [0.2, 0.25) is 15.1 Å². The molecule has 0 aliphatic heterocycles. The van der Waals surface area contributed by atoms with Crippen molar-refractivity contribution >= 4 is 69.0 Å². The van der Waals surface area contributed by atoms with E-state index in [1.807, 2.05) is 13.8 Å². The molecule has 2 aromatic heterocycles. The van der Waals surface area contributed by atoms with Crippen molar-refractivity contribution in [2.45, 2.75) is 26.2 Å². The van der Waals surface area contributed by atoms with Crippen LogP contribution in [0.15, 0.2) is 52.8 Å². The SMILES string of the molecule is C=C(Cl)C(=O)Nc1ccc(Cc2nc3c(c(C(C)C)nn3-c3c(Cl)cc(Cl)cc3Cl)c(=O)[nH]2)cc1. The second kappa shape index (κ2) is 10.0. The van der Waals surface area contributed by atoms with Gasteiger partial charge < -0.3 is 10.3 Å². The van der Waals surface area contributed by atoms with Crippen molar-refractivity contribution in [1.29, 1.82) is 0 Å². The Morgan fingerprint density at radius 3 is 2.34 bits per heavy atom. The van der Waals surface area contributed by atoms with Crippen molar-refractivity contribution in [3.8, 4) is 5.69 Å². The molecule has 0 bridgehead atoms. The number of carbonyl (C=O) groups excluding carboxylic acids is 1. The van der Waals surface area contributed by atoms with Crippen LogP contribution in [-0.4, -0.2) is 25.7 Å². The highest BCUT2D eigenvalue weighted by atomic mass is 35.5. The smallest absolute Gasteiger partial charge is 0.266 e. The Labute approximate surface area is 220 Å². The number of anilines is 1. The monoisotopic (exact) mass is 549 g/mol. The molecule has 0 aliphatic rings. The molecule has 4 aromatic rings. The number of rotatable bonds is 6. The normalized spacial score (nSPS) is 11.3. The van der Waals surface area contributed by atoms with Gasteiger partial charge in [0.05, 0.1) is 20.8 Å². The molecule has 4 rings (SSSR count). The van der Waals surface area contributed by atoms with Gasteiger partial charge in [0, 0.05) is 17.1 Å². The highest BCUT2D eigenvalue weighted by Crippen LogP contribution is 2.34. The molecular weight excluding hydrogens is 532 g/mol. The lowest BCUT2D eigenvalue weighted by molar-refractivity contribution is -0.112. The van der Waals surface area contributed by atoms with Crippen molar-refractivity contribution in [3.63, 3.8) is 0 Å². The molecule has 0 aliphatic carbocycles. The van der Waals surface area contributed by atoms with Gasteiger partial charge in [-0.25, -0.2) is 9.67 Å². The van der Waals surface area contributed by atoms with Crippen LogP contribution in [0, 0.1) is 0 Å². The molecule has 0 saturated heterocycles. The first-order chi connectivity index (χ1) is 16.5. The van der Waals surface area contributed by atoms with E-state index in [4.69, 9.17) is 51.4 Å². The molecule has 0 unspecified atom stereocenters. The van der Waals surface area contributed by atoms with Crippen LogP contribution in [-0.2, 0) is 11.2 Å². The summed E-state index contributed by atoms with van der Waals surface area (Å²) < 4.78 is 1.49. The van der Waals surface area contributed by atoms with E-state index in [1.165, 1.54) is 4.68 Å². The number of carbonyl (C=O) groups is 1. The summed E-state index contributed by atoms with van der Waals surface area (Å²) >= 11 is 24.6. The van der Waals surface area contributed by atoms with E-state index in [2.05, 4.69) is 22.0 Å². The first-order valence-corrected chi connectivity index (χ1v) is 12.0. The van der Waals surface area contributed by atoms with Crippen LogP contribution >= 0.6 is 46.4 Å². The number of hydrogen-bond acceptors (Lipinski definition) is 4. The molecule has 7 nitrogen and oxygen atoms in total. The fraction of sp³-hybridized carbons (Fsp3) is 0.167. The van der Waals surface area contributed by atoms with E-state index < -0.39 is 5.91 Å². The second-order valence-electron chi connectivity index (χ2n) is 8.11. The predicted molar refractivity (Wildman–Crippen MR) is 141 cm³/mol. The molecule has 0 spiro atoms. The molecule has 2 aromatic carbocycles. The molecule has 11 heteroatoms. The quantitative estimate of drug-likeness (QED) is 0.269. The van der Waals surface area contributed by atoms with Gasteiger partial charge in [-0.05, 0) is 35.7 Å². The molecule has 2 N–H and O–H groups in total. The Balaban J connectivity index is 1.78. The summed E-state index contributed by atoms with van der Waals surface area (Å²) in [6.07, 6.45) is 0.325. The van der Waals surface area contributed by atoms with E-state index in [0.29, 0.717) is 45.4 Å². The van der Waals surface area contributed by atoms with Gasteiger partial charge in [-0.3, -0.25) is 9.59 Å². The summed E-state index contributed by atoms with van der Waals surface area (Å²) in [7, 11) is 0. The topological polar surface area (TPSA) is 92.7 Å². The Hall–Kier alpha value is -2.84. The van der Waals surface area contributed by atoms with Crippen molar-refractivity contribution in [2.75, 3.05) is 5.32 Å². The van der Waals surface area contributed by atoms with Gasteiger partial charge in [0.15, 0.2) is 5.65 Å². The molecule has 35 heavy (non-hydrogen) atoms. The Morgan fingerprint density at radius 1 is 1.14 bits per heavy atom. The maximum Gasteiger partial charge on any atom is 0.266 e. The largest absolute Gasteiger partial charge is 0.321 e. The molecule has 0 atom stereocenters. The molecule has 1 amide bonds. The van der Waals surface area contributed by atoms with E-state index >= 15 is 0 Å². The highest BCUT2D eigenvalue weighted by molar-refractivity contribution is 6.43. The number of H-pyrrole nitrogens is 1. The van der Waals surface area contributed by atoms with Gasteiger partial charge in [0.2, 0.25) is 0 Å². The van der Waals surface area contributed by atoms with E-state index in [-0.39, 0.29) is 26.6 Å². The number of halogens is 4. The zero-order chi connectivity index (χ0) is 25.4. The predicted octanol–water partition coefficient (Wildman–Crippen LogP) is 6.47. The summed E-state index contributed by atoms with van der Waals surface area (Å²) in [5, 5.41) is 8.46. The molecule has 2 heterocycles. The van der Waals surface area contributed by atoms with Gasteiger partial charge in [-0.1, -0.05) is 79.0 Å². The number of aromatic nitrogens is 4. The fourth-order valence-corrected chi connectivity index (χ4v) is 4.60. The van der Waals surface area contributed by atoms with Crippen molar-refractivity contribution in [3.05, 3.63) is 90.5 Å². The van der Waals surface area contributed by atoms with Gasteiger partial charge in [0.25, 0.3) is 11.5 Å². The first kappa shape index (κ1) is 25.3. The molecule has 180 valence electrons. The number of aromatic amines is 1. The van der Waals surface area contributed by atoms with Crippen molar-refractivity contribution in [1.82, 2.24) is 19.7 Å². The van der Waals surface area contributed by atoms with Gasteiger partial charge in [-0.15, -0.1) is 0 Å². The van der Waals surface area contributed by atoms with Crippen LogP contribution in [0.3, 0.4) is 0 Å². The number of amides is 1. The van der Waals surface area contributed by atoms with Crippen molar-refractivity contribution < 1.29 is 4.79 Å². The average molecular weight is 551 g/mol. The zero-order valence-electron chi connectivity index (χ0n) is 18.6. The maximum absolute atomic E-state index is 13.1. The van der Waals surface area contributed by atoms with Crippen LogP contribution in [0.4, 0.5) is 5.69 Å². The average Bonchev–Trinajstić information content (AvgIpc) is 3.14. The van der Waals surface area contributed by atoms with Gasteiger partial charge in [-0.2, -0.15) is 5.10 Å². The van der Waals surface area contributed by atoms with Crippen LogP contribution in [0.5, 0.6) is 0 Å². The summed E-state index contributed by atoms with van der Waals surface area (Å²) in [6, 6.07) is 10.2. The van der Waals surface area contributed by atoms with Gasteiger partial charge in [0.1, 0.15) is 16.9 Å². The van der Waals surface area contributed by atoms with E-state index in [1.54, 1.807) is 36.4 Å². The molecular formula is C24H19Cl4N5O2. The molecule has 0 fully saturated rings. The zero-order valence-corrected chi connectivity index (χ0v) is 21.6. The minimum absolute atomic E-state index is 0.0517. The lowest BCUT2D eigenvalue weighted by atomic mass is 10.1. The third-order valence-corrected chi connectivity index (χ3v) is 6.15. The summed E-state index contributed by atoms with van der Waals surface area (Å²) in [4.78, 5) is 32.4. The van der Waals surface area contributed by atoms with Crippen LogP contribution < -0.4 is 10.9 Å². The standard InChI is InChI=1S/C24H19Cl4N5O2/c1-11(2)20-19-22(33(32-20)21-16(27)9-14(26)10-17(21)28)30-18(31-24(19)35)8-13-4-6-15(7-5-13)29-23(34)12(3)25/h4-7,9-11H,3,8H2,1-2H3,(H,29,34)(H,30,31,35). The van der Waals surface area contributed by atoms with Crippen LogP contribution in [0.1, 0.15) is 36.8 Å². The number of fused-ring (bicyclic) bond motifs is 1. The second-order valence-corrected chi connectivity index (χ2v) is 9.82. The molecule has 0 radical (unpaired) electrons. The first-order valence-electron chi connectivity index (χ1n) is 10.5. The van der Waals surface area contributed by atoms with E-state index in [0.717, 1.165) is 5.56 Å². The Bertz CT molecular complexity index is 1500. The third-order valence-electron chi connectivity index (χ3n) is 5.18. The lowest BCUT2D eigenvalue weighted by Crippen LogP contribution is -2.14. The van der Waals surface area contributed by atoms with Gasteiger partial charge >= 0.3 is 0 Å². The maximum atomic E-state index is 13.1. The minimum Gasteiger partial charge on any atom is -0.321 e. The lowest BCUT2D eigenvalue weighted by Gasteiger charge is -2.09. The summed E-state index contributed by atoms with van der Waals surface area (Å²) in [5.41, 5.74) is 2.40. The summed E-state index contributed by atoms with van der Waals surface area (Å²) in [6.45, 7) is 7.27. The Kier molecular flexibility index (Phi) is 7.24. The molecule has 0 saturated carbocycles. The number of benzene rings is 2. The minimum atomic E-state index is -0.482. The summed E-state index contributed by atoms with van der Waals surface area (Å²) in [5.74, 6) is -0.111. The highest BCUT2D eigenvalue weighted by Gasteiger charge is 2.23. The number of nitrogens with one attached hydrogen (secondary N) is 2. The fourth-order valence-electron chi connectivity index (χ4n) is 3.57. The van der Waals surface area contributed by atoms with Crippen molar-refractivity contribution in [2.24, 2.45) is 0 Å².